The smallest absolute Gasteiger partial charge is 0.253 e. The van der Waals surface area contributed by atoms with Gasteiger partial charge in [-0.3, -0.25) is 4.79 Å². The zero-order valence-corrected chi connectivity index (χ0v) is 17.5. The molecular weight excluding hydrogens is 392 g/mol. The lowest BCUT2D eigenvalue weighted by atomic mass is 9.97. The number of piperidine rings is 1. The van der Waals surface area contributed by atoms with E-state index >= 15 is 0 Å². The summed E-state index contributed by atoms with van der Waals surface area (Å²) in [5.41, 5.74) is 2.16. The maximum Gasteiger partial charge on any atom is 0.253 e. The van der Waals surface area contributed by atoms with Crippen LogP contribution in [0.2, 0.25) is 0 Å². The van der Waals surface area contributed by atoms with Gasteiger partial charge in [-0.1, -0.05) is 23.4 Å². The van der Waals surface area contributed by atoms with E-state index in [-0.39, 0.29) is 11.8 Å². The zero-order valence-electron chi connectivity index (χ0n) is 17.5. The molecule has 1 atom stereocenters. The third kappa shape index (κ3) is 5.10. The molecule has 2 aromatic carbocycles. The van der Waals surface area contributed by atoms with E-state index in [1.54, 1.807) is 29.2 Å². The van der Waals surface area contributed by atoms with E-state index in [0.29, 0.717) is 49.0 Å². The number of benzene rings is 2. The second-order valence-corrected chi connectivity index (χ2v) is 7.75. The number of ether oxygens (including phenoxy) is 1. The number of aryl methyl sites for hydroxylation is 1. The van der Waals surface area contributed by atoms with Crippen LogP contribution in [0.15, 0.2) is 53.1 Å². The summed E-state index contributed by atoms with van der Waals surface area (Å²) in [6.07, 6.45) is 2.31. The van der Waals surface area contributed by atoms with Crippen molar-refractivity contribution < 1.29 is 14.1 Å². The highest BCUT2D eigenvalue weighted by atomic mass is 16.5. The number of carbonyl (C=O) groups excluding carboxylic acids is 1. The molecule has 1 aromatic heterocycles. The Morgan fingerprint density at radius 2 is 2.16 bits per heavy atom. The van der Waals surface area contributed by atoms with Crippen LogP contribution in [0.3, 0.4) is 0 Å². The van der Waals surface area contributed by atoms with Crippen LogP contribution in [0.5, 0.6) is 5.75 Å². The highest BCUT2D eigenvalue weighted by molar-refractivity contribution is 5.94. The molecule has 4 rings (SSSR count). The third-order valence-corrected chi connectivity index (χ3v) is 5.36. The Hall–Kier alpha value is -3.66. The second-order valence-electron chi connectivity index (χ2n) is 7.75. The van der Waals surface area contributed by atoms with Crippen LogP contribution in [-0.4, -0.2) is 40.6 Å². The van der Waals surface area contributed by atoms with Gasteiger partial charge in [0.1, 0.15) is 5.75 Å². The average molecular weight is 416 g/mol. The van der Waals surface area contributed by atoms with Crippen LogP contribution in [-0.2, 0) is 6.42 Å². The monoisotopic (exact) mass is 416 g/mol. The number of nitrogens with zero attached hydrogens (tertiary/aromatic N) is 4. The van der Waals surface area contributed by atoms with Crippen LogP contribution in [0, 0.1) is 18.3 Å². The van der Waals surface area contributed by atoms with Gasteiger partial charge >= 0.3 is 0 Å². The van der Waals surface area contributed by atoms with Gasteiger partial charge in [-0.15, -0.1) is 0 Å². The molecule has 0 aliphatic carbocycles. The van der Waals surface area contributed by atoms with Gasteiger partial charge in [0.15, 0.2) is 5.82 Å². The fourth-order valence-electron chi connectivity index (χ4n) is 3.77. The zero-order chi connectivity index (χ0) is 21.6. The van der Waals surface area contributed by atoms with Crippen LogP contribution < -0.4 is 4.74 Å². The van der Waals surface area contributed by atoms with Gasteiger partial charge in [-0.25, -0.2) is 0 Å². The average Bonchev–Trinajstić information content (AvgIpc) is 3.28. The molecule has 1 unspecified atom stereocenters. The van der Waals surface area contributed by atoms with E-state index in [4.69, 9.17) is 14.5 Å². The summed E-state index contributed by atoms with van der Waals surface area (Å²) in [5, 5.41) is 13.2. The van der Waals surface area contributed by atoms with E-state index < -0.39 is 0 Å². The van der Waals surface area contributed by atoms with E-state index in [2.05, 4.69) is 16.2 Å². The van der Waals surface area contributed by atoms with E-state index in [0.717, 1.165) is 24.2 Å². The highest BCUT2D eigenvalue weighted by Crippen LogP contribution is 2.27. The Morgan fingerprint density at radius 1 is 1.29 bits per heavy atom. The first-order chi connectivity index (χ1) is 15.1. The minimum Gasteiger partial charge on any atom is -0.493 e. The van der Waals surface area contributed by atoms with Crippen molar-refractivity contribution in [3.05, 3.63) is 76.9 Å². The molecule has 1 aliphatic rings. The Labute approximate surface area is 181 Å². The summed E-state index contributed by atoms with van der Waals surface area (Å²) in [6, 6.07) is 16.8. The van der Waals surface area contributed by atoms with E-state index in [9.17, 15) is 4.79 Å². The van der Waals surface area contributed by atoms with Gasteiger partial charge in [0.25, 0.3) is 5.91 Å². The van der Waals surface area contributed by atoms with Crippen LogP contribution in [0.1, 0.15) is 52.0 Å². The van der Waals surface area contributed by atoms with Crippen molar-refractivity contribution in [1.82, 2.24) is 15.0 Å². The summed E-state index contributed by atoms with van der Waals surface area (Å²) in [5.74, 6) is 1.93. The number of hydrogen-bond acceptors (Lipinski definition) is 6. The van der Waals surface area contributed by atoms with Gasteiger partial charge < -0.3 is 14.2 Å². The van der Waals surface area contributed by atoms with Gasteiger partial charge in [-0.05, 0) is 55.7 Å². The first-order valence-corrected chi connectivity index (χ1v) is 10.4. The normalized spacial score (nSPS) is 16.0. The largest absolute Gasteiger partial charge is 0.493 e. The topological polar surface area (TPSA) is 92.3 Å². The minimum absolute atomic E-state index is 0.00999. The van der Waals surface area contributed by atoms with Crippen molar-refractivity contribution in [2.24, 2.45) is 0 Å². The molecular formula is C24H24N4O3. The Morgan fingerprint density at radius 3 is 3.00 bits per heavy atom. The molecule has 7 nitrogen and oxygen atoms in total. The minimum atomic E-state index is -0.0758. The van der Waals surface area contributed by atoms with E-state index in [1.165, 1.54) is 0 Å². The van der Waals surface area contributed by atoms with Gasteiger partial charge in [-0.2, -0.15) is 10.2 Å². The summed E-state index contributed by atoms with van der Waals surface area (Å²) < 4.78 is 11.3. The van der Waals surface area contributed by atoms with Crippen LogP contribution in [0.4, 0.5) is 0 Å². The van der Waals surface area contributed by atoms with Crippen molar-refractivity contribution in [2.75, 3.05) is 19.7 Å². The first kappa shape index (κ1) is 20.6. The molecule has 7 heteroatoms. The summed E-state index contributed by atoms with van der Waals surface area (Å²) in [6.45, 7) is 3.69. The number of rotatable bonds is 6. The molecule has 1 amide bonds. The number of hydrogen-bond donors (Lipinski definition) is 0. The summed E-state index contributed by atoms with van der Waals surface area (Å²) in [7, 11) is 0. The molecule has 0 saturated carbocycles. The number of nitriles is 1. The van der Waals surface area contributed by atoms with Crippen molar-refractivity contribution >= 4 is 5.91 Å². The molecule has 2 heterocycles. The Bertz CT molecular complexity index is 1100. The molecule has 0 N–H and O–H groups in total. The Kier molecular flexibility index (Phi) is 6.27. The standard InChI is InChI=1S/C24H24N4O3/c1-17-5-2-9-21(13-17)30-12-10-22-26-23(31-27-22)20-8-4-11-28(16-20)24(29)19-7-3-6-18(14-19)15-25/h2-3,5-7,9,13-14,20H,4,8,10-12,16H2,1H3. The number of carbonyl (C=O) groups is 1. The molecule has 0 radical (unpaired) electrons. The lowest BCUT2D eigenvalue weighted by molar-refractivity contribution is 0.0695. The van der Waals surface area contributed by atoms with Gasteiger partial charge in [0.05, 0.1) is 24.2 Å². The summed E-state index contributed by atoms with van der Waals surface area (Å²) >= 11 is 0. The second kappa shape index (κ2) is 9.43. The molecule has 3 aromatic rings. The van der Waals surface area contributed by atoms with Gasteiger partial charge in [0, 0.05) is 25.1 Å². The van der Waals surface area contributed by atoms with Crippen LogP contribution >= 0.6 is 0 Å². The lowest BCUT2D eigenvalue weighted by Gasteiger charge is -2.31. The predicted molar refractivity (Wildman–Crippen MR) is 114 cm³/mol. The third-order valence-electron chi connectivity index (χ3n) is 5.36. The quantitative estimate of drug-likeness (QED) is 0.605. The van der Waals surface area contributed by atoms with Crippen molar-refractivity contribution in [3.63, 3.8) is 0 Å². The highest BCUT2D eigenvalue weighted by Gasteiger charge is 2.29. The summed E-state index contributed by atoms with van der Waals surface area (Å²) in [4.78, 5) is 19.2. The predicted octanol–water partition coefficient (Wildman–Crippen LogP) is 3.89. The molecule has 0 spiro atoms. The fraction of sp³-hybridized carbons (Fsp3) is 0.333. The Balaban J connectivity index is 1.35. The lowest BCUT2D eigenvalue weighted by Crippen LogP contribution is -2.39. The number of amides is 1. The van der Waals surface area contributed by atoms with Crippen LogP contribution in [0.25, 0.3) is 0 Å². The molecule has 1 saturated heterocycles. The van der Waals surface area contributed by atoms with E-state index in [1.807, 2.05) is 31.2 Å². The molecule has 1 fully saturated rings. The molecule has 158 valence electrons. The van der Waals surface area contributed by atoms with Gasteiger partial charge in [0.2, 0.25) is 5.89 Å². The maximum atomic E-state index is 12.9. The maximum absolute atomic E-state index is 12.9. The molecule has 0 bridgehead atoms. The number of likely N-dealkylation sites (tertiary alicyclic amines) is 1. The van der Waals surface area contributed by atoms with Crippen molar-refractivity contribution in [3.8, 4) is 11.8 Å². The number of aromatic nitrogens is 2. The first-order valence-electron chi connectivity index (χ1n) is 10.4. The SMILES string of the molecule is Cc1cccc(OCCc2noc(C3CCCN(C(=O)c4cccc(C#N)c4)C3)n2)c1. The van der Waals surface area contributed by atoms with Crippen molar-refractivity contribution in [1.29, 1.82) is 5.26 Å². The molecule has 31 heavy (non-hydrogen) atoms. The fourth-order valence-corrected chi connectivity index (χ4v) is 3.77. The molecule has 1 aliphatic heterocycles. The van der Waals surface area contributed by atoms with Crippen molar-refractivity contribution in [2.45, 2.75) is 32.1 Å².